The number of amides is 1. The Bertz CT molecular complexity index is 910. The van der Waals surface area contributed by atoms with Crippen LogP contribution in [-0.4, -0.2) is 48.8 Å². The van der Waals surface area contributed by atoms with Crippen LogP contribution in [0.2, 0.25) is 0 Å². The molecule has 0 bridgehead atoms. The smallest absolute Gasteiger partial charge is 0.253 e. The Balaban J connectivity index is 1.42. The summed E-state index contributed by atoms with van der Waals surface area (Å²) >= 11 is 0. The van der Waals surface area contributed by atoms with Gasteiger partial charge in [-0.2, -0.15) is 4.98 Å². The van der Waals surface area contributed by atoms with Crippen LogP contribution in [0.3, 0.4) is 0 Å². The largest absolute Gasteiger partial charge is 0.339 e. The van der Waals surface area contributed by atoms with Crippen molar-refractivity contribution in [2.75, 3.05) is 13.1 Å². The molecular formula is C19H22N6O2. The molecule has 1 aliphatic heterocycles. The second-order valence-electron chi connectivity index (χ2n) is 7.13. The standard InChI is InChI=1S/C19H22N6O2/c1-13(2)17-22-18(27-23-17)14-6-8-24(9-7-14)19(26)15-4-3-5-16(10-15)25-11-20-21-12-25/h3-5,10-14H,6-9H2,1-2H3. The van der Waals surface area contributed by atoms with Crippen LogP contribution in [0.1, 0.15) is 60.6 Å². The van der Waals surface area contributed by atoms with Crippen LogP contribution in [0.5, 0.6) is 0 Å². The molecule has 27 heavy (non-hydrogen) atoms. The first-order chi connectivity index (χ1) is 13.1. The molecule has 140 valence electrons. The zero-order valence-corrected chi connectivity index (χ0v) is 15.4. The molecule has 0 N–H and O–H groups in total. The molecule has 2 aromatic heterocycles. The van der Waals surface area contributed by atoms with Gasteiger partial charge >= 0.3 is 0 Å². The number of piperidine rings is 1. The number of hydrogen-bond donors (Lipinski definition) is 0. The summed E-state index contributed by atoms with van der Waals surface area (Å²) in [5.74, 6) is 1.95. The van der Waals surface area contributed by atoms with Crippen molar-refractivity contribution in [3.05, 3.63) is 54.2 Å². The molecule has 1 amide bonds. The molecule has 0 saturated carbocycles. The van der Waals surface area contributed by atoms with Gasteiger partial charge in [0.15, 0.2) is 5.82 Å². The minimum Gasteiger partial charge on any atom is -0.339 e. The number of aromatic nitrogens is 5. The minimum absolute atomic E-state index is 0.0387. The summed E-state index contributed by atoms with van der Waals surface area (Å²) < 4.78 is 7.21. The van der Waals surface area contributed by atoms with Gasteiger partial charge in [-0.15, -0.1) is 10.2 Å². The van der Waals surface area contributed by atoms with Gasteiger partial charge in [-0.1, -0.05) is 25.1 Å². The highest BCUT2D eigenvalue weighted by Gasteiger charge is 2.28. The monoisotopic (exact) mass is 366 g/mol. The Morgan fingerprint density at radius 2 is 1.93 bits per heavy atom. The fourth-order valence-electron chi connectivity index (χ4n) is 3.29. The molecule has 1 saturated heterocycles. The van der Waals surface area contributed by atoms with E-state index in [1.807, 2.05) is 43.0 Å². The van der Waals surface area contributed by atoms with Crippen LogP contribution >= 0.6 is 0 Å². The number of carbonyl (C=O) groups excluding carboxylic acids is 1. The van der Waals surface area contributed by atoms with Crippen molar-refractivity contribution in [1.29, 1.82) is 0 Å². The minimum atomic E-state index is 0.0387. The summed E-state index contributed by atoms with van der Waals surface area (Å²) in [6.07, 6.45) is 4.89. The average Bonchev–Trinajstić information content (AvgIpc) is 3.40. The van der Waals surface area contributed by atoms with E-state index in [2.05, 4.69) is 20.3 Å². The summed E-state index contributed by atoms with van der Waals surface area (Å²) in [5, 5.41) is 11.7. The number of nitrogens with zero attached hydrogens (tertiary/aromatic N) is 6. The molecule has 3 aromatic rings. The van der Waals surface area contributed by atoms with Gasteiger partial charge in [0.05, 0.1) is 0 Å². The molecule has 1 aromatic carbocycles. The van der Waals surface area contributed by atoms with E-state index in [0.717, 1.165) is 24.4 Å². The van der Waals surface area contributed by atoms with Gasteiger partial charge in [0.2, 0.25) is 5.89 Å². The summed E-state index contributed by atoms with van der Waals surface area (Å²) in [4.78, 5) is 19.3. The molecule has 4 rings (SSSR count). The first-order valence-corrected chi connectivity index (χ1v) is 9.19. The lowest BCUT2D eigenvalue weighted by atomic mass is 9.96. The van der Waals surface area contributed by atoms with Crippen molar-refractivity contribution in [1.82, 2.24) is 29.8 Å². The third-order valence-corrected chi connectivity index (χ3v) is 4.92. The molecule has 0 radical (unpaired) electrons. The fraction of sp³-hybridized carbons (Fsp3) is 0.421. The van der Waals surface area contributed by atoms with Gasteiger partial charge in [0.25, 0.3) is 5.91 Å². The highest BCUT2D eigenvalue weighted by atomic mass is 16.5. The highest BCUT2D eigenvalue weighted by molar-refractivity contribution is 5.94. The maximum atomic E-state index is 12.9. The van der Waals surface area contributed by atoms with Gasteiger partial charge in [0.1, 0.15) is 12.7 Å². The zero-order valence-electron chi connectivity index (χ0n) is 15.4. The molecule has 0 spiro atoms. The maximum absolute atomic E-state index is 12.9. The van der Waals surface area contributed by atoms with Gasteiger partial charge in [-0.05, 0) is 31.0 Å². The van der Waals surface area contributed by atoms with E-state index < -0.39 is 0 Å². The van der Waals surface area contributed by atoms with E-state index in [9.17, 15) is 4.79 Å². The lowest BCUT2D eigenvalue weighted by molar-refractivity contribution is 0.0704. The Morgan fingerprint density at radius 1 is 1.19 bits per heavy atom. The molecule has 1 aliphatic rings. The first kappa shape index (κ1) is 17.4. The number of likely N-dealkylation sites (tertiary alicyclic amines) is 1. The second-order valence-corrected chi connectivity index (χ2v) is 7.13. The van der Waals surface area contributed by atoms with Crippen LogP contribution in [0.4, 0.5) is 0 Å². The Hall–Kier alpha value is -3.03. The lowest BCUT2D eigenvalue weighted by Gasteiger charge is -2.30. The van der Waals surface area contributed by atoms with E-state index >= 15 is 0 Å². The number of rotatable bonds is 4. The fourth-order valence-corrected chi connectivity index (χ4v) is 3.29. The lowest BCUT2D eigenvalue weighted by Crippen LogP contribution is -2.38. The van der Waals surface area contributed by atoms with E-state index in [-0.39, 0.29) is 17.7 Å². The van der Waals surface area contributed by atoms with Gasteiger partial charge in [-0.3, -0.25) is 9.36 Å². The third-order valence-electron chi connectivity index (χ3n) is 4.92. The average molecular weight is 366 g/mol. The second kappa shape index (κ2) is 7.30. The predicted octanol–water partition coefficient (Wildman–Crippen LogP) is 2.79. The van der Waals surface area contributed by atoms with Crippen molar-refractivity contribution < 1.29 is 9.32 Å². The van der Waals surface area contributed by atoms with Crippen molar-refractivity contribution >= 4 is 5.91 Å². The van der Waals surface area contributed by atoms with Crippen LogP contribution in [0.15, 0.2) is 41.4 Å². The van der Waals surface area contributed by atoms with E-state index in [1.165, 1.54) is 0 Å². The summed E-state index contributed by atoms with van der Waals surface area (Å²) in [6, 6.07) is 7.51. The molecule has 0 atom stereocenters. The Morgan fingerprint density at radius 3 is 2.59 bits per heavy atom. The third kappa shape index (κ3) is 3.60. The highest BCUT2D eigenvalue weighted by Crippen LogP contribution is 2.28. The van der Waals surface area contributed by atoms with Crippen molar-refractivity contribution in [3.8, 4) is 5.69 Å². The zero-order chi connectivity index (χ0) is 18.8. The topological polar surface area (TPSA) is 89.9 Å². The van der Waals surface area contributed by atoms with Crippen LogP contribution < -0.4 is 0 Å². The van der Waals surface area contributed by atoms with E-state index in [0.29, 0.717) is 24.5 Å². The van der Waals surface area contributed by atoms with E-state index in [4.69, 9.17) is 4.52 Å². The summed E-state index contributed by atoms with van der Waals surface area (Å²) in [5.41, 5.74) is 1.53. The van der Waals surface area contributed by atoms with Crippen LogP contribution in [-0.2, 0) is 0 Å². The van der Waals surface area contributed by atoms with Crippen LogP contribution in [0.25, 0.3) is 5.69 Å². The number of carbonyl (C=O) groups is 1. The van der Waals surface area contributed by atoms with Crippen molar-refractivity contribution in [2.45, 2.75) is 38.5 Å². The molecule has 3 heterocycles. The maximum Gasteiger partial charge on any atom is 0.253 e. The van der Waals surface area contributed by atoms with Crippen molar-refractivity contribution in [2.24, 2.45) is 0 Å². The molecule has 8 nitrogen and oxygen atoms in total. The first-order valence-electron chi connectivity index (χ1n) is 9.19. The predicted molar refractivity (Wildman–Crippen MR) is 97.6 cm³/mol. The Labute approximate surface area is 157 Å². The number of hydrogen-bond acceptors (Lipinski definition) is 6. The molecule has 0 unspecified atom stereocenters. The number of benzene rings is 1. The van der Waals surface area contributed by atoms with Crippen LogP contribution in [0, 0.1) is 0 Å². The molecule has 1 fully saturated rings. The molecule has 8 heteroatoms. The summed E-state index contributed by atoms with van der Waals surface area (Å²) in [7, 11) is 0. The molecule has 0 aliphatic carbocycles. The van der Waals surface area contributed by atoms with Gasteiger partial charge < -0.3 is 9.42 Å². The Kier molecular flexibility index (Phi) is 4.70. The van der Waals surface area contributed by atoms with Gasteiger partial charge in [0, 0.05) is 36.2 Å². The quantitative estimate of drug-likeness (QED) is 0.705. The van der Waals surface area contributed by atoms with Gasteiger partial charge in [-0.25, -0.2) is 0 Å². The van der Waals surface area contributed by atoms with Crippen molar-refractivity contribution in [3.63, 3.8) is 0 Å². The SMILES string of the molecule is CC(C)c1noc(C2CCN(C(=O)c3cccc(-n4cnnc4)c3)CC2)n1. The molecular weight excluding hydrogens is 344 g/mol. The summed E-state index contributed by atoms with van der Waals surface area (Å²) in [6.45, 7) is 5.45. The normalized spacial score (nSPS) is 15.4. The van der Waals surface area contributed by atoms with E-state index in [1.54, 1.807) is 17.2 Å².